The Morgan fingerprint density at radius 3 is 2.35 bits per heavy atom. The maximum absolute atomic E-state index is 13.2. The van der Waals surface area contributed by atoms with Crippen LogP contribution in [0.4, 0.5) is 8.78 Å². The third-order valence-corrected chi connectivity index (χ3v) is 4.06. The first-order valence-electron chi connectivity index (χ1n) is 6.88. The second kappa shape index (κ2) is 5.33. The van der Waals surface area contributed by atoms with E-state index in [9.17, 15) is 13.9 Å². The van der Waals surface area contributed by atoms with Crippen LogP contribution >= 0.6 is 0 Å². The molecule has 1 unspecified atom stereocenters. The average Bonchev–Trinajstić information content (AvgIpc) is 2.39. The molecule has 1 aliphatic rings. The van der Waals surface area contributed by atoms with Gasteiger partial charge < -0.3 is 5.11 Å². The van der Waals surface area contributed by atoms with E-state index in [0.717, 1.165) is 17.7 Å². The van der Waals surface area contributed by atoms with Crippen LogP contribution in [0.2, 0.25) is 0 Å². The highest BCUT2D eigenvalue weighted by molar-refractivity contribution is 5.34. The molecule has 104 valence electrons. The summed E-state index contributed by atoms with van der Waals surface area (Å²) < 4.78 is 26.2. The van der Waals surface area contributed by atoms with Gasteiger partial charge in [0.05, 0.1) is 0 Å². The molecule has 0 spiro atoms. The molecular formula is C17H16F2O. The topological polar surface area (TPSA) is 20.2 Å². The standard InChI is InChI=1S/C17H16F2O/c18-15-8-7-14(10-16(15)19)17(20)13-6-2-5-12(9-13)11-3-1-4-11/h2,5-11,17,20H,1,3-4H2. The minimum atomic E-state index is -0.934. The molecule has 2 aromatic carbocycles. The van der Waals surface area contributed by atoms with Gasteiger partial charge in [0.2, 0.25) is 0 Å². The van der Waals surface area contributed by atoms with E-state index in [4.69, 9.17) is 0 Å². The lowest BCUT2D eigenvalue weighted by molar-refractivity contribution is 0.219. The zero-order valence-corrected chi connectivity index (χ0v) is 11.0. The quantitative estimate of drug-likeness (QED) is 0.884. The fraction of sp³-hybridized carbons (Fsp3) is 0.294. The van der Waals surface area contributed by atoms with Crippen molar-refractivity contribution in [2.45, 2.75) is 31.3 Å². The summed E-state index contributed by atoms with van der Waals surface area (Å²) in [6.07, 6.45) is 2.70. The lowest BCUT2D eigenvalue weighted by Gasteiger charge is -2.26. The number of benzene rings is 2. The van der Waals surface area contributed by atoms with Gasteiger partial charge in [0.15, 0.2) is 11.6 Å². The van der Waals surface area contributed by atoms with Gasteiger partial charge in [-0.1, -0.05) is 36.8 Å². The van der Waals surface area contributed by atoms with Gasteiger partial charge in [0.25, 0.3) is 0 Å². The summed E-state index contributed by atoms with van der Waals surface area (Å²) in [5, 5.41) is 10.3. The molecule has 1 saturated carbocycles. The number of hydrogen-bond acceptors (Lipinski definition) is 1. The minimum Gasteiger partial charge on any atom is -0.384 e. The van der Waals surface area contributed by atoms with Gasteiger partial charge in [-0.15, -0.1) is 0 Å². The Bertz CT molecular complexity index is 620. The van der Waals surface area contributed by atoms with Gasteiger partial charge in [-0.3, -0.25) is 0 Å². The molecule has 1 aliphatic carbocycles. The first kappa shape index (κ1) is 13.3. The third-order valence-electron chi connectivity index (χ3n) is 4.06. The largest absolute Gasteiger partial charge is 0.384 e. The summed E-state index contributed by atoms with van der Waals surface area (Å²) in [5.41, 5.74) is 2.31. The Morgan fingerprint density at radius 1 is 0.950 bits per heavy atom. The number of rotatable bonds is 3. The van der Waals surface area contributed by atoms with Gasteiger partial charge in [-0.05, 0) is 47.6 Å². The minimum absolute atomic E-state index is 0.370. The zero-order valence-electron chi connectivity index (χ0n) is 11.0. The Labute approximate surface area is 116 Å². The Kier molecular flexibility index (Phi) is 3.53. The zero-order chi connectivity index (χ0) is 14.1. The fourth-order valence-corrected chi connectivity index (χ4v) is 2.60. The van der Waals surface area contributed by atoms with E-state index in [1.165, 1.54) is 30.9 Å². The van der Waals surface area contributed by atoms with Crippen LogP contribution in [0, 0.1) is 11.6 Å². The van der Waals surface area contributed by atoms with E-state index < -0.39 is 17.7 Å². The predicted octanol–water partition coefficient (Wildman–Crippen LogP) is 4.31. The van der Waals surface area contributed by atoms with Crippen LogP contribution in [-0.2, 0) is 0 Å². The van der Waals surface area contributed by atoms with Gasteiger partial charge in [-0.25, -0.2) is 8.78 Å². The molecule has 0 heterocycles. The van der Waals surface area contributed by atoms with E-state index in [1.54, 1.807) is 0 Å². The fourth-order valence-electron chi connectivity index (χ4n) is 2.60. The van der Waals surface area contributed by atoms with Gasteiger partial charge in [0, 0.05) is 0 Å². The summed E-state index contributed by atoms with van der Waals surface area (Å²) in [6.45, 7) is 0. The first-order chi connectivity index (χ1) is 9.65. The number of hydrogen-bond donors (Lipinski definition) is 1. The van der Waals surface area contributed by atoms with Crippen molar-refractivity contribution >= 4 is 0 Å². The molecule has 0 aliphatic heterocycles. The average molecular weight is 274 g/mol. The van der Waals surface area contributed by atoms with Crippen molar-refractivity contribution in [3.63, 3.8) is 0 Å². The third kappa shape index (κ3) is 2.46. The summed E-state index contributed by atoms with van der Waals surface area (Å²) in [7, 11) is 0. The van der Waals surface area contributed by atoms with Crippen molar-refractivity contribution in [1.29, 1.82) is 0 Å². The van der Waals surface area contributed by atoms with E-state index >= 15 is 0 Å². The molecule has 0 saturated heterocycles. The van der Waals surface area contributed by atoms with Gasteiger partial charge in [0.1, 0.15) is 6.10 Å². The highest BCUT2D eigenvalue weighted by atomic mass is 19.2. The molecular weight excluding hydrogens is 258 g/mol. The number of aliphatic hydroxyl groups excluding tert-OH is 1. The van der Waals surface area contributed by atoms with Crippen molar-refractivity contribution in [3.8, 4) is 0 Å². The molecule has 0 radical (unpaired) electrons. The normalized spacial score (nSPS) is 16.8. The highest BCUT2D eigenvalue weighted by Gasteiger charge is 2.21. The molecule has 1 nitrogen and oxygen atoms in total. The van der Waals surface area contributed by atoms with Crippen LogP contribution in [0.15, 0.2) is 42.5 Å². The molecule has 1 N–H and O–H groups in total. The van der Waals surface area contributed by atoms with Crippen molar-refractivity contribution in [2.75, 3.05) is 0 Å². The van der Waals surface area contributed by atoms with Crippen LogP contribution in [0.25, 0.3) is 0 Å². The molecule has 20 heavy (non-hydrogen) atoms. The smallest absolute Gasteiger partial charge is 0.159 e. The maximum atomic E-state index is 13.2. The van der Waals surface area contributed by atoms with E-state index in [-0.39, 0.29) is 0 Å². The van der Waals surface area contributed by atoms with E-state index in [1.807, 2.05) is 18.2 Å². The lowest BCUT2D eigenvalue weighted by atomic mass is 9.79. The van der Waals surface area contributed by atoms with Crippen LogP contribution in [0.3, 0.4) is 0 Å². The van der Waals surface area contributed by atoms with Gasteiger partial charge in [-0.2, -0.15) is 0 Å². The second-order valence-electron chi connectivity index (χ2n) is 5.37. The number of halogens is 2. The second-order valence-corrected chi connectivity index (χ2v) is 5.37. The highest BCUT2D eigenvalue weighted by Crippen LogP contribution is 2.37. The van der Waals surface area contributed by atoms with Crippen molar-refractivity contribution in [1.82, 2.24) is 0 Å². The number of aliphatic hydroxyl groups is 1. The molecule has 0 aromatic heterocycles. The van der Waals surface area contributed by atoms with Crippen molar-refractivity contribution in [3.05, 3.63) is 70.8 Å². The summed E-state index contributed by atoms with van der Waals surface area (Å²) >= 11 is 0. The molecule has 0 bridgehead atoms. The molecule has 1 fully saturated rings. The Hall–Kier alpha value is -1.74. The van der Waals surface area contributed by atoms with E-state index in [2.05, 4.69) is 6.07 Å². The van der Waals surface area contributed by atoms with Crippen LogP contribution < -0.4 is 0 Å². The maximum Gasteiger partial charge on any atom is 0.159 e. The summed E-state index contributed by atoms with van der Waals surface area (Å²) in [6, 6.07) is 11.3. The molecule has 2 aromatic rings. The monoisotopic (exact) mass is 274 g/mol. The Morgan fingerprint density at radius 2 is 1.70 bits per heavy atom. The van der Waals surface area contributed by atoms with Gasteiger partial charge >= 0.3 is 0 Å². The van der Waals surface area contributed by atoms with Crippen LogP contribution in [0.1, 0.15) is 48.0 Å². The molecule has 3 heteroatoms. The molecule has 3 rings (SSSR count). The first-order valence-corrected chi connectivity index (χ1v) is 6.88. The summed E-state index contributed by atoms with van der Waals surface area (Å²) in [5.74, 6) is -1.26. The van der Waals surface area contributed by atoms with E-state index in [0.29, 0.717) is 11.5 Å². The molecule has 1 atom stereocenters. The molecule has 0 amide bonds. The van der Waals surface area contributed by atoms with Crippen LogP contribution in [0.5, 0.6) is 0 Å². The lowest BCUT2D eigenvalue weighted by Crippen LogP contribution is -2.09. The van der Waals surface area contributed by atoms with Crippen molar-refractivity contribution < 1.29 is 13.9 Å². The summed E-state index contributed by atoms with van der Waals surface area (Å²) in [4.78, 5) is 0. The van der Waals surface area contributed by atoms with Crippen molar-refractivity contribution in [2.24, 2.45) is 0 Å². The van der Waals surface area contributed by atoms with Crippen LogP contribution in [-0.4, -0.2) is 5.11 Å². The predicted molar refractivity (Wildman–Crippen MR) is 73.5 cm³/mol. The SMILES string of the molecule is OC(c1cccc(C2CCC2)c1)c1ccc(F)c(F)c1. The Balaban J connectivity index is 1.89.